The Bertz CT molecular complexity index is 1090. The summed E-state index contributed by atoms with van der Waals surface area (Å²) in [4.78, 5) is 21.0. The summed E-state index contributed by atoms with van der Waals surface area (Å²) in [5.74, 6) is -0.208. The number of hydrogen-bond acceptors (Lipinski definition) is 6. The van der Waals surface area contributed by atoms with Crippen molar-refractivity contribution in [2.24, 2.45) is 0 Å². The predicted octanol–water partition coefficient (Wildman–Crippen LogP) is 3.52. The Kier molecular flexibility index (Phi) is 5.06. The summed E-state index contributed by atoms with van der Waals surface area (Å²) in [5, 5.41) is 23.8. The zero-order valence-electron chi connectivity index (χ0n) is 14.4. The molecule has 130 valence electrons. The second-order valence-electron chi connectivity index (χ2n) is 5.65. The molecule has 3 aromatic rings. The zero-order valence-corrected chi connectivity index (χ0v) is 14.4. The fraction of sp³-hybridized carbons (Fsp3) is 0.0500. The van der Waals surface area contributed by atoms with Gasteiger partial charge in [-0.05, 0) is 43.3 Å². The van der Waals surface area contributed by atoms with E-state index in [1.807, 2.05) is 6.07 Å². The van der Waals surface area contributed by atoms with Crippen molar-refractivity contribution in [1.29, 1.82) is 10.5 Å². The van der Waals surface area contributed by atoms with E-state index in [1.165, 1.54) is 0 Å². The number of amides is 1. The average molecular weight is 354 g/mol. The number of carbonyl (C=O) groups excluding carboxylic acids is 1. The van der Waals surface area contributed by atoms with E-state index in [4.69, 9.17) is 5.26 Å². The minimum absolute atomic E-state index is 0.168. The summed E-state index contributed by atoms with van der Waals surface area (Å²) in [6, 6.07) is 19.2. The SMILES string of the molecule is Cc1cc(C(=O)Nc2cccc(C#N)c2)nc(Nc2ccccc2C#N)n1. The van der Waals surface area contributed by atoms with Crippen molar-refractivity contribution in [3.8, 4) is 12.1 Å². The summed E-state index contributed by atoms with van der Waals surface area (Å²) in [6.07, 6.45) is 0. The van der Waals surface area contributed by atoms with E-state index < -0.39 is 5.91 Å². The van der Waals surface area contributed by atoms with Crippen LogP contribution in [-0.4, -0.2) is 15.9 Å². The Morgan fingerprint density at radius 3 is 2.59 bits per heavy atom. The van der Waals surface area contributed by atoms with Crippen LogP contribution in [0, 0.1) is 29.6 Å². The fourth-order valence-electron chi connectivity index (χ4n) is 2.41. The number of aryl methyl sites for hydroxylation is 1. The van der Waals surface area contributed by atoms with Crippen molar-refractivity contribution in [3.05, 3.63) is 77.1 Å². The van der Waals surface area contributed by atoms with Crippen molar-refractivity contribution >= 4 is 23.2 Å². The number of para-hydroxylation sites is 1. The monoisotopic (exact) mass is 354 g/mol. The molecule has 0 fully saturated rings. The minimum Gasteiger partial charge on any atom is -0.323 e. The van der Waals surface area contributed by atoms with Gasteiger partial charge in [0.2, 0.25) is 5.95 Å². The Morgan fingerprint density at radius 1 is 1.00 bits per heavy atom. The molecule has 3 rings (SSSR count). The van der Waals surface area contributed by atoms with Gasteiger partial charge in [-0.2, -0.15) is 10.5 Å². The van der Waals surface area contributed by atoms with E-state index in [0.29, 0.717) is 28.2 Å². The van der Waals surface area contributed by atoms with Crippen LogP contribution in [0.4, 0.5) is 17.3 Å². The molecule has 27 heavy (non-hydrogen) atoms. The summed E-state index contributed by atoms with van der Waals surface area (Å²) >= 11 is 0. The van der Waals surface area contributed by atoms with E-state index in [-0.39, 0.29) is 11.6 Å². The molecule has 7 heteroatoms. The first-order valence-corrected chi connectivity index (χ1v) is 8.02. The van der Waals surface area contributed by atoms with Gasteiger partial charge < -0.3 is 10.6 Å². The second-order valence-corrected chi connectivity index (χ2v) is 5.65. The molecule has 0 atom stereocenters. The predicted molar refractivity (Wildman–Crippen MR) is 100 cm³/mol. The molecule has 2 aromatic carbocycles. The lowest BCUT2D eigenvalue weighted by molar-refractivity contribution is 0.102. The lowest BCUT2D eigenvalue weighted by atomic mass is 10.2. The number of nitriles is 2. The van der Waals surface area contributed by atoms with Crippen LogP contribution in [0.2, 0.25) is 0 Å². The maximum atomic E-state index is 12.5. The van der Waals surface area contributed by atoms with Gasteiger partial charge in [-0.3, -0.25) is 4.79 Å². The number of benzene rings is 2. The van der Waals surface area contributed by atoms with Crippen molar-refractivity contribution in [2.45, 2.75) is 6.92 Å². The first kappa shape index (κ1) is 17.6. The van der Waals surface area contributed by atoms with E-state index >= 15 is 0 Å². The van der Waals surface area contributed by atoms with Crippen molar-refractivity contribution in [2.75, 3.05) is 10.6 Å². The quantitative estimate of drug-likeness (QED) is 0.741. The van der Waals surface area contributed by atoms with E-state index in [2.05, 4.69) is 26.7 Å². The van der Waals surface area contributed by atoms with Gasteiger partial charge in [-0.1, -0.05) is 18.2 Å². The maximum Gasteiger partial charge on any atom is 0.274 e. The molecule has 0 aliphatic rings. The normalized spacial score (nSPS) is 9.74. The molecule has 2 N–H and O–H groups in total. The van der Waals surface area contributed by atoms with Crippen LogP contribution in [-0.2, 0) is 0 Å². The fourth-order valence-corrected chi connectivity index (χ4v) is 2.41. The Morgan fingerprint density at radius 2 is 1.81 bits per heavy atom. The largest absolute Gasteiger partial charge is 0.323 e. The maximum absolute atomic E-state index is 12.5. The summed E-state index contributed by atoms with van der Waals surface area (Å²) in [6.45, 7) is 1.75. The van der Waals surface area contributed by atoms with Crippen molar-refractivity contribution in [1.82, 2.24) is 9.97 Å². The third kappa shape index (κ3) is 4.25. The highest BCUT2D eigenvalue weighted by Crippen LogP contribution is 2.19. The Balaban J connectivity index is 1.85. The number of nitrogens with one attached hydrogen (secondary N) is 2. The average Bonchev–Trinajstić information content (AvgIpc) is 2.68. The van der Waals surface area contributed by atoms with Crippen LogP contribution >= 0.6 is 0 Å². The molecule has 0 spiro atoms. The van der Waals surface area contributed by atoms with Gasteiger partial charge in [-0.25, -0.2) is 9.97 Å². The molecule has 0 bridgehead atoms. The van der Waals surface area contributed by atoms with Crippen LogP contribution in [0.1, 0.15) is 27.3 Å². The minimum atomic E-state index is -0.424. The van der Waals surface area contributed by atoms with Gasteiger partial charge in [0.05, 0.1) is 22.9 Å². The highest BCUT2D eigenvalue weighted by molar-refractivity contribution is 6.03. The molecule has 7 nitrogen and oxygen atoms in total. The van der Waals surface area contributed by atoms with Crippen LogP contribution in [0.3, 0.4) is 0 Å². The van der Waals surface area contributed by atoms with Crippen LogP contribution in [0.25, 0.3) is 0 Å². The second kappa shape index (κ2) is 7.77. The number of aromatic nitrogens is 2. The summed E-state index contributed by atoms with van der Waals surface area (Å²) in [5.41, 5.74) is 2.71. The number of nitrogens with zero attached hydrogens (tertiary/aromatic N) is 4. The first-order valence-electron chi connectivity index (χ1n) is 8.02. The number of anilines is 3. The van der Waals surface area contributed by atoms with E-state index in [0.717, 1.165) is 0 Å². The zero-order chi connectivity index (χ0) is 19.2. The number of rotatable bonds is 4. The van der Waals surface area contributed by atoms with Crippen LogP contribution < -0.4 is 10.6 Å². The molecule has 1 aromatic heterocycles. The molecule has 0 radical (unpaired) electrons. The molecule has 0 saturated heterocycles. The van der Waals surface area contributed by atoms with Gasteiger partial charge in [0.1, 0.15) is 11.8 Å². The Hall–Kier alpha value is -4.23. The molecule has 0 unspecified atom stereocenters. The molecular weight excluding hydrogens is 340 g/mol. The molecule has 0 aliphatic carbocycles. The van der Waals surface area contributed by atoms with Crippen molar-refractivity contribution < 1.29 is 4.79 Å². The summed E-state index contributed by atoms with van der Waals surface area (Å²) < 4.78 is 0. The lowest BCUT2D eigenvalue weighted by Crippen LogP contribution is -2.15. The van der Waals surface area contributed by atoms with Gasteiger partial charge in [-0.15, -0.1) is 0 Å². The summed E-state index contributed by atoms with van der Waals surface area (Å²) in [7, 11) is 0. The van der Waals surface area contributed by atoms with E-state index in [1.54, 1.807) is 61.5 Å². The Labute approximate surface area is 155 Å². The topological polar surface area (TPSA) is 114 Å². The van der Waals surface area contributed by atoms with Crippen LogP contribution in [0.5, 0.6) is 0 Å². The standard InChI is InChI=1S/C20H14N6O/c1-13-9-18(19(27)24-16-7-4-5-14(10-16)11-21)26-20(23-13)25-17-8-3-2-6-15(17)12-22/h2-10H,1H3,(H,24,27)(H,23,25,26). The number of hydrogen-bond donors (Lipinski definition) is 2. The van der Waals surface area contributed by atoms with Gasteiger partial charge in [0.15, 0.2) is 0 Å². The smallest absolute Gasteiger partial charge is 0.274 e. The lowest BCUT2D eigenvalue weighted by Gasteiger charge is -2.10. The van der Waals surface area contributed by atoms with Gasteiger partial charge >= 0.3 is 0 Å². The molecule has 0 aliphatic heterocycles. The third-order valence-corrected chi connectivity index (χ3v) is 3.63. The number of carbonyl (C=O) groups is 1. The van der Waals surface area contributed by atoms with Crippen LogP contribution in [0.15, 0.2) is 54.6 Å². The van der Waals surface area contributed by atoms with E-state index in [9.17, 15) is 10.1 Å². The molecule has 0 saturated carbocycles. The highest BCUT2D eigenvalue weighted by Gasteiger charge is 2.12. The molecular formula is C20H14N6O. The third-order valence-electron chi connectivity index (χ3n) is 3.63. The first-order chi connectivity index (χ1) is 13.1. The van der Waals surface area contributed by atoms with Gasteiger partial charge in [0, 0.05) is 11.4 Å². The highest BCUT2D eigenvalue weighted by atomic mass is 16.1. The molecule has 1 heterocycles. The van der Waals surface area contributed by atoms with Gasteiger partial charge in [0.25, 0.3) is 5.91 Å². The van der Waals surface area contributed by atoms with Crippen molar-refractivity contribution in [3.63, 3.8) is 0 Å². The molecule has 1 amide bonds.